The van der Waals surface area contributed by atoms with Gasteiger partial charge in [0.25, 0.3) is 12.0 Å². The number of rotatable bonds is 9. The number of nitrogens with zero attached hydrogens (tertiary/aromatic N) is 4. The first kappa shape index (κ1) is 45.3. The van der Waals surface area contributed by atoms with Crippen molar-refractivity contribution in [1.82, 2.24) is 9.97 Å². The number of hydrogen-bond donors (Lipinski definition) is 2. The second-order valence-corrected chi connectivity index (χ2v) is 15.5. The number of ether oxygens (including phenoxy) is 2. The van der Waals surface area contributed by atoms with Gasteiger partial charge < -0.3 is 58.5 Å². The molecule has 4 heterocycles. The highest BCUT2D eigenvalue weighted by molar-refractivity contribution is 6.31. The molecule has 0 spiro atoms. The summed E-state index contributed by atoms with van der Waals surface area (Å²) in [4.78, 5) is 60.1. The maximum absolute atomic E-state index is 12.0. The standard InChI is InChI=1S/C18H14O8.2C13H16ClN3O/c19-15(20)13(25-17(23)11-7-3-1-4-8-11)14(16(21)22)26-18(24)12-9-5-2-6-10-12;2*1-9-4-5-15-6-7-17(9)13-16-11-8-10(14)2-3-12(11)18-13/h1-10,13-14H,(H,19,20)(H,21,22);2*2-3,8-9,15H,4-7H2,1H3. The fourth-order valence-corrected chi connectivity index (χ4v) is 7.13. The number of nitrogens with two attached hydrogens (primary N) is 2. The summed E-state index contributed by atoms with van der Waals surface area (Å²) in [6, 6.07) is 28.0. The van der Waals surface area contributed by atoms with Crippen LogP contribution < -0.4 is 30.6 Å². The van der Waals surface area contributed by atoms with E-state index in [9.17, 15) is 29.4 Å². The van der Waals surface area contributed by atoms with E-state index in [0.29, 0.717) is 22.1 Å². The van der Waals surface area contributed by atoms with E-state index in [-0.39, 0.29) is 11.1 Å². The molecule has 326 valence electrons. The van der Waals surface area contributed by atoms with Crippen molar-refractivity contribution in [3.05, 3.63) is 118 Å². The molecule has 2 aliphatic heterocycles. The van der Waals surface area contributed by atoms with Crippen LogP contribution in [0.1, 0.15) is 47.4 Å². The second kappa shape index (κ2) is 21.5. The number of carbonyl (C=O) groups is 4. The molecule has 16 nitrogen and oxygen atoms in total. The number of esters is 2. The van der Waals surface area contributed by atoms with Crippen LogP contribution in [0, 0.1) is 0 Å². The average Bonchev–Trinajstić information content (AvgIpc) is 3.72. The van der Waals surface area contributed by atoms with Gasteiger partial charge >= 0.3 is 11.9 Å². The second-order valence-electron chi connectivity index (χ2n) is 14.6. The average molecular weight is 890 g/mol. The molecule has 2 aromatic heterocycles. The molecule has 0 saturated carbocycles. The Morgan fingerprint density at radius 3 is 1.39 bits per heavy atom. The highest BCUT2D eigenvalue weighted by Crippen LogP contribution is 2.27. The van der Waals surface area contributed by atoms with Crippen LogP contribution in [0.5, 0.6) is 0 Å². The molecule has 0 radical (unpaired) electrons. The first-order chi connectivity index (χ1) is 29.9. The van der Waals surface area contributed by atoms with Gasteiger partial charge in [-0.3, -0.25) is 0 Å². The van der Waals surface area contributed by atoms with Crippen molar-refractivity contribution in [2.24, 2.45) is 0 Å². The Hall–Kier alpha value is -6.20. The third-order valence-corrected chi connectivity index (χ3v) is 10.7. The van der Waals surface area contributed by atoms with Gasteiger partial charge in [0.1, 0.15) is 11.0 Å². The van der Waals surface area contributed by atoms with E-state index in [1.54, 1.807) is 12.1 Å². The van der Waals surface area contributed by atoms with Crippen LogP contribution in [0.2, 0.25) is 10.0 Å². The number of anilines is 2. The van der Waals surface area contributed by atoms with Crippen LogP contribution >= 0.6 is 23.2 Å². The monoisotopic (exact) mass is 888 g/mol. The Labute approximate surface area is 366 Å². The van der Waals surface area contributed by atoms with Crippen LogP contribution in [0.4, 0.5) is 12.0 Å². The number of quaternary nitrogens is 2. The number of carbonyl (C=O) groups excluding carboxylic acids is 4. The summed E-state index contributed by atoms with van der Waals surface area (Å²) in [6.07, 6.45) is -2.47. The van der Waals surface area contributed by atoms with Crippen molar-refractivity contribution < 1.29 is 58.3 Å². The number of aliphatic carboxylic acids is 2. The Morgan fingerprint density at radius 1 is 0.629 bits per heavy atom. The van der Waals surface area contributed by atoms with E-state index in [1.807, 2.05) is 36.4 Å². The SMILES string of the molecule is CC1CC[NH2+]CCN1c1nc2cc(Cl)ccc2o1.CC1CC[NH2+]CCN1c1nc2cc(Cl)ccc2o1.O=C(OC(C(=O)[O-])C(OC(=O)c1ccccc1)C(=O)[O-])c1ccccc1. The number of halogens is 2. The molecule has 2 saturated heterocycles. The number of aromatic nitrogens is 2. The van der Waals surface area contributed by atoms with Crippen LogP contribution in [-0.4, -0.2) is 97.4 Å². The molecule has 0 amide bonds. The van der Waals surface area contributed by atoms with E-state index in [0.717, 1.165) is 73.2 Å². The van der Waals surface area contributed by atoms with Gasteiger partial charge in [-0.1, -0.05) is 59.6 Å². The summed E-state index contributed by atoms with van der Waals surface area (Å²) in [5, 5.41) is 28.6. The van der Waals surface area contributed by atoms with Crippen molar-refractivity contribution >= 4 is 81.3 Å². The predicted molar refractivity (Wildman–Crippen MR) is 226 cm³/mol. The van der Waals surface area contributed by atoms with Crippen molar-refractivity contribution in [3.8, 4) is 0 Å². The fraction of sp³-hybridized carbons (Fsp3) is 0.318. The highest BCUT2D eigenvalue weighted by atomic mass is 35.5. The zero-order valence-electron chi connectivity index (χ0n) is 34.0. The quantitative estimate of drug-likeness (QED) is 0.199. The van der Waals surface area contributed by atoms with E-state index < -0.39 is 36.1 Å². The lowest BCUT2D eigenvalue weighted by atomic mass is 10.1. The molecule has 0 bridgehead atoms. The van der Waals surface area contributed by atoms with Crippen LogP contribution in [0.25, 0.3) is 22.2 Å². The summed E-state index contributed by atoms with van der Waals surface area (Å²) in [7, 11) is 0. The summed E-state index contributed by atoms with van der Waals surface area (Å²) < 4.78 is 21.0. The maximum Gasteiger partial charge on any atom is 0.338 e. The maximum atomic E-state index is 12.0. The van der Waals surface area contributed by atoms with Crippen LogP contribution in [0.15, 0.2) is 106 Å². The van der Waals surface area contributed by atoms with Gasteiger partial charge in [0.05, 0.1) is 62.3 Å². The minimum absolute atomic E-state index is 0.0229. The molecule has 4 N–H and O–H groups in total. The zero-order chi connectivity index (χ0) is 44.2. The van der Waals surface area contributed by atoms with Gasteiger partial charge in [0, 0.05) is 35.0 Å². The van der Waals surface area contributed by atoms with Gasteiger partial charge in [0.15, 0.2) is 23.4 Å². The number of carboxylic acid groups (broad SMARTS) is 2. The van der Waals surface area contributed by atoms with Crippen molar-refractivity contribution in [2.75, 3.05) is 49.1 Å². The van der Waals surface area contributed by atoms with Crippen LogP contribution in [-0.2, 0) is 19.1 Å². The normalized spacial score (nSPS) is 17.5. The Kier molecular flexibility index (Phi) is 15.8. The molecule has 4 aromatic carbocycles. The lowest BCUT2D eigenvalue weighted by Crippen LogP contribution is -2.84. The molecule has 4 unspecified atom stereocenters. The molecule has 0 aliphatic carbocycles. The first-order valence-corrected chi connectivity index (χ1v) is 20.9. The Morgan fingerprint density at radius 2 is 1.02 bits per heavy atom. The number of carboxylic acids is 2. The molecule has 8 rings (SSSR count). The Balaban J connectivity index is 0.000000159. The number of hydrogen-bond acceptors (Lipinski definition) is 14. The molecule has 6 aromatic rings. The van der Waals surface area contributed by atoms with Crippen LogP contribution in [0.3, 0.4) is 0 Å². The zero-order valence-corrected chi connectivity index (χ0v) is 35.5. The summed E-state index contributed by atoms with van der Waals surface area (Å²) in [5.41, 5.74) is 3.22. The van der Waals surface area contributed by atoms with Gasteiger partial charge in [-0.15, -0.1) is 0 Å². The lowest BCUT2D eigenvalue weighted by molar-refractivity contribution is -0.651. The fourth-order valence-electron chi connectivity index (χ4n) is 6.79. The lowest BCUT2D eigenvalue weighted by Gasteiger charge is -2.28. The third-order valence-electron chi connectivity index (χ3n) is 10.2. The van der Waals surface area contributed by atoms with Crippen molar-refractivity contribution in [3.63, 3.8) is 0 Å². The summed E-state index contributed by atoms with van der Waals surface area (Å²) in [5.74, 6) is -6.35. The highest BCUT2D eigenvalue weighted by Gasteiger charge is 2.32. The van der Waals surface area contributed by atoms with Gasteiger partial charge in [-0.25, -0.2) is 9.59 Å². The molecule has 4 atom stereocenters. The number of oxazole rings is 2. The smallest absolute Gasteiger partial charge is 0.338 e. The van der Waals surface area contributed by atoms with E-state index in [2.05, 4.69) is 53.7 Å². The van der Waals surface area contributed by atoms with Crippen molar-refractivity contribution in [2.45, 2.75) is 51.0 Å². The van der Waals surface area contributed by atoms with E-state index >= 15 is 0 Å². The molecule has 2 fully saturated rings. The molecule has 2 aliphatic rings. The van der Waals surface area contributed by atoms with Gasteiger partial charge in [0.2, 0.25) is 0 Å². The number of fused-ring (bicyclic) bond motifs is 2. The minimum Gasteiger partial charge on any atom is -0.546 e. The third kappa shape index (κ3) is 12.0. The Bertz CT molecular complexity index is 2280. The predicted octanol–water partition coefficient (Wildman–Crippen LogP) is 2.22. The minimum atomic E-state index is -2.39. The summed E-state index contributed by atoms with van der Waals surface area (Å²) in [6.45, 7) is 10.9. The van der Waals surface area contributed by atoms with Gasteiger partial charge in [-0.05, 0) is 74.5 Å². The number of benzene rings is 4. The first-order valence-electron chi connectivity index (χ1n) is 20.1. The molecule has 62 heavy (non-hydrogen) atoms. The molecular weight excluding hydrogens is 843 g/mol. The van der Waals surface area contributed by atoms with E-state index in [1.165, 1.54) is 61.6 Å². The molecular formula is C44H46Cl2N6O10. The topological polar surface area (TPSA) is 225 Å². The van der Waals surface area contributed by atoms with Gasteiger partial charge in [-0.2, -0.15) is 9.97 Å². The largest absolute Gasteiger partial charge is 0.546 e. The van der Waals surface area contributed by atoms with Crippen molar-refractivity contribution in [1.29, 1.82) is 0 Å². The van der Waals surface area contributed by atoms with E-state index in [4.69, 9.17) is 32.0 Å². The summed E-state index contributed by atoms with van der Waals surface area (Å²) >= 11 is 11.9. The molecule has 18 heteroatoms.